The van der Waals surface area contributed by atoms with Crippen LogP contribution in [0.15, 0.2) is 23.0 Å². The van der Waals surface area contributed by atoms with Gasteiger partial charge < -0.3 is 0 Å². The number of fused-ring (bicyclic) bond motifs is 1. The highest BCUT2D eigenvalue weighted by atomic mass is 35.5. The van der Waals surface area contributed by atoms with Gasteiger partial charge in [-0.2, -0.15) is 10.2 Å². The first-order chi connectivity index (χ1) is 11.3. The number of hydrogen-bond acceptors (Lipinski definition) is 4. The molecule has 0 radical (unpaired) electrons. The van der Waals surface area contributed by atoms with E-state index in [4.69, 9.17) is 28.5 Å². The van der Waals surface area contributed by atoms with Crippen molar-refractivity contribution in [2.45, 2.75) is 13.8 Å². The molecule has 0 aliphatic carbocycles. The number of benzene rings is 1. The highest BCUT2D eigenvalue weighted by molar-refractivity contribution is 6.34. The number of halogens is 3. The summed E-state index contributed by atoms with van der Waals surface area (Å²) >= 11 is 11.7. The van der Waals surface area contributed by atoms with Crippen molar-refractivity contribution in [3.8, 4) is 11.8 Å². The molecule has 8 heteroatoms. The van der Waals surface area contributed by atoms with Gasteiger partial charge in [0.1, 0.15) is 5.15 Å². The summed E-state index contributed by atoms with van der Waals surface area (Å²) in [7, 11) is 0. The zero-order chi connectivity index (χ0) is 17.6. The number of aryl methyl sites for hydroxylation is 2. The van der Waals surface area contributed by atoms with Crippen LogP contribution in [0.4, 0.5) is 4.39 Å². The molecule has 24 heavy (non-hydrogen) atoms. The Morgan fingerprint density at radius 1 is 1.12 bits per heavy atom. The van der Waals surface area contributed by atoms with Crippen LogP contribution in [-0.4, -0.2) is 14.5 Å². The lowest BCUT2D eigenvalue weighted by atomic mass is 10.0. The van der Waals surface area contributed by atoms with E-state index in [1.165, 1.54) is 4.57 Å². The number of aromatic nitrogens is 3. The monoisotopic (exact) mass is 362 g/mol. The summed E-state index contributed by atoms with van der Waals surface area (Å²) < 4.78 is 14.9. The summed E-state index contributed by atoms with van der Waals surface area (Å²) in [6.07, 6.45) is 0. The van der Waals surface area contributed by atoms with Crippen LogP contribution in [0, 0.1) is 31.0 Å². The molecule has 1 aromatic carbocycles. The van der Waals surface area contributed by atoms with E-state index in [1.54, 1.807) is 26.0 Å². The molecule has 0 N–H and O–H groups in total. The van der Waals surface area contributed by atoms with Gasteiger partial charge in [-0.25, -0.2) is 18.7 Å². The fourth-order valence-electron chi connectivity index (χ4n) is 2.64. The predicted octanol–water partition coefficient (Wildman–Crippen LogP) is 3.72. The molecule has 0 amide bonds. The Balaban J connectivity index is 2.51. The fraction of sp³-hybridized carbons (Fsp3) is 0.125. The van der Waals surface area contributed by atoms with Crippen molar-refractivity contribution >= 4 is 34.2 Å². The van der Waals surface area contributed by atoms with Crippen LogP contribution in [0.25, 0.3) is 16.7 Å². The molecule has 0 aliphatic heterocycles. The van der Waals surface area contributed by atoms with Crippen LogP contribution in [0.2, 0.25) is 10.3 Å². The summed E-state index contributed by atoms with van der Waals surface area (Å²) in [6.45, 7) is 3.50. The van der Waals surface area contributed by atoms with Gasteiger partial charge in [0.15, 0.2) is 16.6 Å². The SMILES string of the molecule is Cc1cc(C#N)cc(C)c1-n1c(=O)nc(Cl)c2cc(F)c(Cl)nc21. The Labute approximate surface area is 145 Å². The lowest BCUT2D eigenvalue weighted by molar-refractivity contribution is 0.624. The van der Waals surface area contributed by atoms with Crippen molar-refractivity contribution in [1.29, 1.82) is 5.26 Å². The van der Waals surface area contributed by atoms with E-state index in [0.717, 1.165) is 6.07 Å². The van der Waals surface area contributed by atoms with E-state index in [0.29, 0.717) is 22.4 Å². The highest BCUT2D eigenvalue weighted by Crippen LogP contribution is 2.27. The molecule has 2 aromatic heterocycles. The molecule has 3 rings (SSSR count). The second-order valence-electron chi connectivity index (χ2n) is 5.22. The summed E-state index contributed by atoms with van der Waals surface area (Å²) in [5.74, 6) is -0.758. The van der Waals surface area contributed by atoms with Crippen molar-refractivity contribution in [3.63, 3.8) is 0 Å². The molecule has 3 aromatic rings. The van der Waals surface area contributed by atoms with Crippen molar-refractivity contribution in [3.05, 3.63) is 61.5 Å². The Kier molecular flexibility index (Phi) is 3.99. The second kappa shape index (κ2) is 5.86. The van der Waals surface area contributed by atoms with E-state index < -0.39 is 11.5 Å². The van der Waals surface area contributed by atoms with Crippen LogP contribution in [0.3, 0.4) is 0 Å². The van der Waals surface area contributed by atoms with Crippen molar-refractivity contribution in [1.82, 2.24) is 14.5 Å². The van der Waals surface area contributed by atoms with Gasteiger partial charge in [-0.3, -0.25) is 0 Å². The van der Waals surface area contributed by atoms with Crippen molar-refractivity contribution < 1.29 is 4.39 Å². The van der Waals surface area contributed by atoms with Crippen molar-refractivity contribution in [2.24, 2.45) is 0 Å². The van der Waals surface area contributed by atoms with Gasteiger partial charge in [0.2, 0.25) is 0 Å². The molecule has 0 saturated heterocycles. The molecule has 2 heterocycles. The molecule has 0 fully saturated rings. The van der Waals surface area contributed by atoms with E-state index in [2.05, 4.69) is 16.0 Å². The third-order valence-electron chi connectivity index (χ3n) is 3.58. The second-order valence-corrected chi connectivity index (χ2v) is 5.94. The van der Waals surface area contributed by atoms with Crippen LogP contribution in [0.1, 0.15) is 16.7 Å². The first kappa shape index (κ1) is 16.4. The number of nitriles is 1. The molecule has 0 unspecified atom stereocenters. The molecule has 5 nitrogen and oxygen atoms in total. The first-order valence-corrected chi connectivity index (χ1v) is 7.55. The average molecular weight is 363 g/mol. The quantitative estimate of drug-likeness (QED) is 0.488. The van der Waals surface area contributed by atoms with Gasteiger partial charge >= 0.3 is 5.69 Å². The van der Waals surface area contributed by atoms with Crippen LogP contribution >= 0.6 is 23.2 Å². The molecular weight excluding hydrogens is 354 g/mol. The minimum Gasteiger partial charge on any atom is -0.245 e. The Morgan fingerprint density at radius 3 is 2.33 bits per heavy atom. The maximum absolute atomic E-state index is 13.7. The number of pyridine rings is 1. The summed E-state index contributed by atoms with van der Waals surface area (Å²) in [5, 5.41) is 8.70. The van der Waals surface area contributed by atoms with E-state index in [-0.39, 0.29) is 21.3 Å². The molecule has 0 aliphatic rings. The number of hydrogen-bond donors (Lipinski definition) is 0. The summed E-state index contributed by atoms with van der Waals surface area (Å²) in [4.78, 5) is 20.1. The molecule has 0 saturated carbocycles. The predicted molar refractivity (Wildman–Crippen MR) is 89.3 cm³/mol. The van der Waals surface area contributed by atoms with Gasteiger partial charge in [-0.15, -0.1) is 0 Å². The molecule has 120 valence electrons. The lowest BCUT2D eigenvalue weighted by Gasteiger charge is -2.15. The van der Waals surface area contributed by atoms with E-state index >= 15 is 0 Å². The Hall–Kier alpha value is -2.49. The smallest absolute Gasteiger partial charge is 0.245 e. The van der Waals surface area contributed by atoms with Crippen LogP contribution in [0.5, 0.6) is 0 Å². The number of nitrogens with zero attached hydrogens (tertiary/aromatic N) is 4. The third kappa shape index (κ3) is 2.52. The zero-order valence-electron chi connectivity index (χ0n) is 12.6. The summed E-state index contributed by atoms with van der Waals surface area (Å²) in [5.41, 5.74) is 1.73. The third-order valence-corrected chi connectivity index (χ3v) is 4.13. The summed E-state index contributed by atoms with van der Waals surface area (Å²) in [6, 6.07) is 6.42. The molecule has 0 atom stereocenters. The minimum atomic E-state index is -0.758. The highest BCUT2D eigenvalue weighted by Gasteiger charge is 2.18. The number of rotatable bonds is 1. The van der Waals surface area contributed by atoms with E-state index in [9.17, 15) is 9.18 Å². The zero-order valence-corrected chi connectivity index (χ0v) is 14.1. The van der Waals surface area contributed by atoms with Gasteiger partial charge in [0.05, 0.1) is 22.7 Å². The molecule has 0 spiro atoms. The fourth-order valence-corrected chi connectivity index (χ4v) is 2.99. The van der Waals surface area contributed by atoms with Crippen molar-refractivity contribution in [2.75, 3.05) is 0 Å². The van der Waals surface area contributed by atoms with Gasteiger partial charge in [0, 0.05) is 0 Å². The minimum absolute atomic E-state index is 0.0994. The van der Waals surface area contributed by atoms with Gasteiger partial charge in [-0.1, -0.05) is 23.2 Å². The lowest BCUT2D eigenvalue weighted by Crippen LogP contribution is -2.24. The maximum Gasteiger partial charge on any atom is 0.355 e. The maximum atomic E-state index is 13.7. The topological polar surface area (TPSA) is 71.6 Å². The van der Waals surface area contributed by atoms with Crippen LogP contribution in [-0.2, 0) is 0 Å². The molecule has 0 bridgehead atoms. The standard InChI is InChI=1S/C16H9Cl2FN4O/c1-7-3-9(6-20)4-8(2)12(7)23-15-10(13(17)22-16(23)24)5-11(19)14(18)21-15/h3-5H,1-2H3. The van der Waals surface area contributed by atoms with Crippen LogP contribution < -0.4 is 5.69 Å². The van der Waals surface area contributed by atoms with Gasteiger partial charge in [-0.05, 0) is 43.2 Å². The molecular formula is C16H9Cl2FN4O. The normalized spacial score (nSPS) is 10.8. The first-order valence-electron chi connectivity index (χ1n) is 6.79. The van der Waals surface area contributed by atoms with E-state index in [1.807, 2.05) is 0 Å². The average Bonchev–Trinajstić information content (AvgIpc) is 2.51. The Morgan fingerprint density at radius 2 is 1.75 bits per heavy atom. The van der Waals surface area contributed by atoms with Gasteiger partial charge in [0.25, 0.3) is 0 Å². The largest absolute Gasteiger partial charge is 0.355 e. The Bertz CT molecular complexity index is 1080.